The fourth-order valence-electron chi connectivity index (χ4n) is 1.67. The Bertz CT molecular complexity index is 544. The van der Waals surface area contributed by atoms with Crippen LogP contribution in [0.15, 0.2) is 66.7 Å². The second-order valence-electron chi connectivity index (χ2n) is 3.85. The standard InChI is InChI=1S/C15H15N3/c16-14(12-7-3-1-4-8-12)11-15(18-17)13-9-5-2-6-10-13/h1-11,16,18H,17H2/b15-11-,16-14?. The fourth-order valence-corrected chi connectivity index (χ4v) is 1.67. The van der Waals surface area contributed by atoms with E-state index in [9.17, 15) is 0 Å². The van der Waals surface area contributed by atoms with Gasteiger partial charge in [-0.3, -0.25) is 5.84 Å². The van der Waals surface area contributed by atoms with E-state index in [-0.39, 0.29) is 0 Å². The number of nitrogens with one attached hydrogen (secondary N) is 2. The molecule has 0 aliphatic carbocycles. The maximum Gasteiger partial charge on any atom is 0.0633 e. The summed E-state index contributed by atoms with van der Waals surface area (Å²) >= 11 is 0. The summed E-state index contributed by atoms with van der Waals surface area (Å²) in [5.41, 5.74) is 5.61. The van der Waals surface area contributed by atoms with Gasteiger partial charge in [-0.05, 0) is 17.2 Å². The van der Waals surface area contributed by atoms with E-state index in [1.54, 1.807) is 6.08 Å². The van der Waals surface area contributed by atoms with Crippen molar-refractivity contribution in [1.82, 2.24) is 5.43 Å². The third kappa shape index (κ3) is 2.84. The third-order valence-corrected chi connectivity index (χ3v) is 2.61. The molecule has 0 aliphatic rings. The Kier molecular flexibility index (Phi) is 3.89. The van der Waals surface area contributed by atoms with Crippen molar-refractivity contribution in [3.05, 3.63) is 77.9 Å². The number of benzene rings is 2. The molecule has 0 spiro atoms. The van der Waals surface area contributed by atoms with E-state index in [1.165, 1.54) is 0 Å². The summed E-state index contributed by atoms with van der Waals surface area (Å²) in [5.74, 6) is 5.52. The molecule has 0 saturated carbocycles. The highest BCUT2D eigenvalue weighted by molar-refractivity contribution is 6.10. The smallest absolute Gasteiger partial charge is 0.0633 e. The molecule has 0 radical (unpaired) electrons. The van der Waals surface area contributed by atoms with Crippen molar-refractivity contribution in [2.45, 2.75) is 0 Å². The Labute approximate surface area is 106 Å². The summed E-state index contributed by atoms with van der Waals surface area (Å²) in [5, 5.41) is 8.04. The number of hydrogen-bond donors (Lipinski definition) is 3. The Morgan fingerprint density at radius 1 is 0.889 bits per heavy atom. The topological polar surface area (TPSA) is 61.9 Å². The highest BCUT2D eigenvalue weighted by Crippen LogP contribution is 2.11. The lowest BCUT2D eigenvalue weighted by atomic mass is 10.1. The van der Waals surface area contributed by atoms with Crippen LogP contribution in [-0.4, -0.2) is 5.71 Å². The van der Waals surface area contributed by atoms with Gasteiger partial charge in [0.15, 0.2) is 0 Å². The number of hydrogen-bond acceptors (Lipinski definition) is 3. The number of hydrazine groups is 1. The second kappa shape index (κ2) is 5.80. The molecular formula is C15H15N3. The quantitative estimate of drug-likeness (QED) is 0.435. The van der Waals surface area contributed by atoms with Crippen LogP contribution in [0, 0.1) is 5.41 Å². The van der Waals surface area contributed by atoms with Crippen molar-refractivity contribution in [3.8, 4) is 0 Å². The molecule has 3 heteroatoms. The van der Waals surface area contributed by atoms with Crippen LogP contribution in [0.3, 0.4) is 0 Å². The minimum Gasteiger partial charge on any atom is -0.323 e. The molecule has 0 saturated heterocycles. The van der Waals surface area contributed by atoms with Crippen LogP contribution in [0.1, 0.15) is 11.1 Å². The largest absolute Gasteiger partial charge is 0.323 e. The Hall–Kier alpha value is -2.39. The minimum atomic E-state index is 0.424. The molecule has 2 aromatic rings. The van der Waals surface area contributed by atoms with E-state index >= 15 is 0 Å². The van der Waals surface area contributed by atoms with E-state index in [1.807, 2.05) is 60.7 Å². The first-order valence-corrected chi connectivity index (χ1v) is 5.69. The van der Waals surface area contributed by atoms with Crippen molar-refractivity contribution >= 4 is 11.4 Å². The molecular weight excluding hydrogens is 222 g/mol. The highest BCUT2D eigenvalue weighted by Gasteiger charge is 2.02. The number of nitrogens with two attached hydrogens (primary N) is 1. The van der Waals surface area contributed by atoms with Crippen molar-refractivity contribution in [2.24, 2.45) is 5.84 Å². The summed E-state index contributed by atoms with van der Waals surface area (Å²) in [6.45, 7) is 0. The molecule has 2 rings (SSSR count). The van der Waals surface area contributed by atoms with Gasteiger partial charge in [0, 0.05) is 0 Å². The van der Waals surface area contributed by atoms with Gasteiger partial charge in [0.05, 0.1) is 11.4 Å². The van der Waals surface area contributed by atoms with Gasteiger partial charge in [-0.25, -0.2) is 0 Å². The summed E-state index contributed by atoms with van der Waals surface area (Å²) < 4.78 is 0. The maximum absolute atomic E-state index is 8.04. The number of allylic oxidation sites excluding steroid dienone is 1. The van der Waals surface area contributed by atoms with Crippen LogP contribution in [0.2, 0.25) is 0 Å². The molecule has 0 heterocycles. The van der Waals surface area contributed by atoms with Gasteiger partial charge in [-0.2, -0.15) is 0 Å². The second-order valence-corrected chi connectivity index (χ2v) is 3.85. The lowest BCUT2D eigenvalue weighted by Crippen LogP contribution is -2.21. The molecule has 0 aromatic heterocycles. The van der Waals surface area contributed by atoms with Crippen molar-refractivity contribution in [1.29, 1.82) is 5.41 Å². The molecule has 18 heavy (non-hydrogen) atoms. The SMILES string of the molecule is N=C(/C=C(\NN)c1ccccc1)c1ccccc1. The van der Waals surface area contributed by atoms with E-state index in [4.69, 9.17) is 11.3 Å². The minimum absolute atomic E-state index is 0.424. The summed E-state index contributed by atoms with van der Waals surface area (Å²) in [6, 6.07) is 19.3. The van der Waals surface area contributed by atoms with Crippen molar-refractivity contribution in [3.63, 3.8) is 0 Å². The van der Waals surface area contributed by atoms with E-state index < -0.39 is 0 Å². The van der Waals surface area contributed by atoms with Crippen LogP contribution < -0.4 is 11.3 Å². The highest BCUT2D eigenvalue weighted by atomic mass is 15.2. The van der Waals surface area contributed by atoms with Gasteiger partial charge in [0.2, 0.25) is 0 Å². The monoisotopic (exact) mass is 237 g/mol. The molecule has 0 amide bonds. The molecule has 4 N–H and O–H groups in total. The average Bonchev–Trinajstić information content (AvgIpc) is 2.46. The van der Waals surface area contributed by atoms with E-state index in [0.717, 1.165) is 16.8 Å². The molecule has 0 aliphatic heterocycles. The Morgan fingerprint density at radius 3 is 1.89 bits per heavy atom. The fraction of sp³-hybridized carbons (Fsp3) is 0. The first kappa shape index (κ1) is 12.1. The van der Waals surface area contributed by atoms with Crippen molar-refractivity contribution in [2.75, 3.05) is 0 Å². The summed E-state index contributed by atoms with van der Waals surface area (Å²) in [4.78, 5) is 0. The van der Waals surface area contributed by atoms with Gasteiger partial charge < -0.3 is 10.8 Å². The molecule has 0 unspecified atom stereocenters. The van der Waals surface area contributed by atoms with Gasteiger partial charge in [0.25, 0.3) is 0 Å². The number of rotatable bonds is 4. The zero-order chi connectivity index (χ0) is 12.8. The zero-order valence-corrected chi connectivity index (χ0v) is 9.93. The Balaban J connectivity index is 2.29. The lowest BCUT2D eigenvalue weighted by molar-refractivity contribution is 0.992. The molecule has 0 fully saturated rings. The average molecular weight is 237 g/mol. The predicted octanol–water partition coefficient (Wildman–Crippen LogP) is 2.56. The van der Waals surface area contributed by atoms with Crippen LogP contribution in [-0.2, 0) is 0 Å². The molecule has 90 valence electrons. The van der Waals surface area contributed by atoms with E-state index in [2.05, 4.69) is 5.43 Å². The normalized spacial score (nSPS) is 11.1. The van der Waals surface area contributed by atoms with Gasteiger partial charge in [-0.1, -0.05) is 60.7 Å². The van der Waals surface area contributed by atoms with Gasteiger partial charge in [0.1, 0.15) is 0 Å². The van der Waals surface area contributed by atoms with E-state index in [0.29, 0.717) is 5.71 Å². The van der Waals surface area contributed by atoms with Crippen molar-refractivity contribution < 1.29 is 0 Å². The predicted molar refractivity (Wildman–Crippen MR) is 75.0 cm³/mol. The summed E-state index contributed by atoms with van der Waals surface area (Å²) in [6.07, 6.45) is 1.73. The maximum atomic E-state index is 8.04. The first-order chi connectivity index (χ1) is 8.81. The lowest BCUT2D eigenvalue weighted by Gasteiger charge is -2.07. The molecule has 0 bridgehead atoms. The zero-order valence-electron chi connectivity index (χ0n) is 9.93. The van der Waals surface area contributed by atoms with Crippen LogP contribution in [0.4, 0.5) is 0 Å². The molecule has 0 atom stereocenters. The van der Waals surface area contributed by atoms with Crippen LogP contribution >= 0.6 is 0 Å². The van der Waals surface area contributed by atoms with Gasteiger partial charge >= 0.3 is 0 Å². The molecule has 2 aromatic carbocycles. The molecule has 3 nitrogen and oxygen atoms in total. The summed E-state index contributed by atoms with van der Waals surface area (Å²) in [7, 11) is 0. The Morgan fingerprint density at radius 2 is 1.39 bits per heavy atom. The van der Waals surface area contributed by atoms with Crippen LogP contribution in [0.25, 0.3) is 5.70 Å². The first-order valence-electron chi connectivity index (χ1n) is 5.69. The third-order valence-electron chi connectivity index (χ3n) is 2.61. The van der Waals surface area contributed by atoms with Gasteiger partial charge in [-0.15, -0.1) is 0 Å². The van der Waals surface area contributed by atoms with Crippen LogP contribution in [0.5, 0.6) is 0 Å².